The van der Waals surface area contributed by atoms with Gasteiger partial charge in [-0.25, -0.2) is 0 Å². The van der Waals surface area contributed by atoms with Crippen LogP contribution in [-0.2, 0) is 0 Å². The molecule has 0 aliphatic carbocycles. The maximum absolute atomic E-state index is 12.7. The fourth-order valence-electron chi connectivity index (χ4n) is 3.36. The number of thiophene rings is 1. The summed E-state index contributed by atoms with van der Waals surface area (Å²) in [5, 5.41) is 8.05. The number of carbonyl (C=O) groups is 2. The second-order valence-electron chi connectivity index (χ2n) is 7.67. The van der Waals surface area contributed by atoms with Gasteiger partial charge >= 0.3 is 0 Å². The molecule has 150 valence electrons. The minimum Gasteiger partial charge on any atom is -0.350 e. The van der Waals surface area contributed by atoms with Gasteiger partial charge in [-0.2, -0.15) is 0 Å². The number of likely N-dealkylation sites (tertiary alicyclic amines) is 1. The van der Waals surface area contributed by atoms with Gasteiger partial charge in [0, 0.05) is 17.6 Å². The van der Waals surface area contributed by atoms with Gasteiger partial charge in [0.15, 0.2) is 0 Å². The van der Waals surface area contributed by atoms with E-state index in [1.807, 2.05) is 11.4 Å². The summed E-state index contributed by atoms with van der Waals surface area (Å²) in [6.45, 7) is 7.02. The van der Waals surface area contributed by atoms with E-state index < -0.39 is 0 Å². The first-order valence-electron chi connectivity index (χ1n) is 9.54. The Kier molecular flexibility index (Phi) is 6.75. The molecule has 1 saturated heterocycles. The molecule has 0 bridgehead atoms. The Hall–Kier alpha value is -1.89. The number of nitrogens with one attached hydrogen (secondary N) is 2. The third kappa shape index (κ3) is 5.13. The van der Waals surface area contributed by atoms with Crippen LogP contribution in [0.2, 0.25) is 5.02 Å². The highest BCUT2D eigenvalue weighted by Gasteiger charge is 2.28. The summed E-state index contributed by atoms with van der Waals surface area (Å²) in [6.07, 6.45) is 3.70. The highest BCUT2D eigenvalue weighted by Crippen LogP contribution is 2.25. The predicted octanol–water partition coefficient (Wildman–Crippen LogP) is 4.65. The first-order valence-corrected chi connectivity index (χ1v) is 10.8. The Morgan fingerprint density at radius 3 is 2.57 bits per heavy atom. The van der Waals surface area contributed by atoms with Crippen molar-refractivity contribution in [3.8, 4) is 0 Å². The van der Waals surface area contributed by atoms with Gasteiger partial charge in [-0.3, -0.25) is 14.5 Å². The van der Waals surface area contributed by atoms with E-state index in [9.17, 15) is 9.59 Å². The minimum absolute atomic E-state index is 0.0985. The fraction of sp³-hybridized carbons (Fsp3) is 0.429. The van der Waals surface area contributed by atoms with Crippen LogP contribution in [0, 0.1) is 0 Å². The number of hydrogen-bond acceptors (Lipinski definition) is 4. The molecule has 0 atom stereocenters. The lowest BCUT2D eigenvalue weighted by Gasteiger charge is -2.41. The molecule has 3 rings (SSSR count). The molecule has 5 nitrogen and oxygen atoms in total. The molecule has 28 heavy (non-hydrogen) atoms. The molecule has 0 saturated carbocycles. The molecule has 2 N–H and O–H groups in total. The highest BCUT2D eigenvalue weighted by atomic mass is 35.5. The lowest BCUT2D eigenvalue weighted by Crippen LogP contribution is -2.53. The molecule has 1 aromatic carbocycles. The van der Waals surface area contributed by atoms with E-state index in [2.05, 4.69) is 29.4 Å². The van der Waals surface area contributed by atoms with Crippen molar-refractivity contribution in [1.82, 2.24) is 10.2 Å². The van der Waals surface area contributed by atoms with E-state index >= 15 is 0 Å². The third-order valence-corrected chi connectivity index (χ3v) is 6.31. The van der Waals surface area contributed by atoms with Gasteiger partial charge in [0.2, 0.25) is 0 Å². The van der Waals surface area contributed by atoms with E-state index in [1.54, 1.807) is 24.3 Å². The maximum Gasteiger partial charge on any atom is 0.265 e. The topological polar surface area (TPSA) is 61.4 Å². The molecule has 1 aromatic heterocycles. The van der Waals surface area contributed by atoms with E-state index in [0.717, 1.165) is 13.1 Å². The van der Waals surface area contributed by atoms with Crippen LogP contribution in [-0.4, -0.2) is 41.9 Å². The van der Waals surface area contributed by atoms with Crippen molar-refractivity contribution in [3.63, 3.8) is 0 Å². The second-order valence-corrected chi connectivity index (χ2v) is 9.02. The van der Waals surface area contributed by atoms with Crippen LogP contribution in [0.25, 0.3) is 0 Å². The molecule has 0 spiro atoms. The van der Waals surface area contributed by atoms with Crippen molar-refractivity contribution in [3.05, 3.63) is 51.2 Å². The van der Waals surface area contributed by atoms with Gasteiger partial charge in [-0.15, -0.1) is 11.3 Å². The van der Waals surface area contributed by atoms with Crippen LogP contribution in [0.3, 0.4) is 0 Å². The Morgan fingerprint density at radius 2 is 1.89 bits per heavy atom. The number of piperidine rings is 1. The molecule has 2 amide bonds. The Morgan fingerprint density at radius 1 is 1.14 bits per heavy atom. The van der Waals surface area contributed by atoms with Gasteiger partial charge in [0.05, 0.1) is 15.6 Å². The maximum atomic E-state index is 12.7. The summed E-state index contributed by atoms with van der Waals surface area (Å²) in [5.41, 5.74) is 0.807. The number of benzene rings is 1. The van der Waals surface area contributed by atoms with Crippen molar-refractivity contribution in [2.75, 3.05) is 25.0 Å². The van der Waals surface area contributed by atoms with E-state index in [0.29, 0.717) is 27.7 Å². The van der Waals surface area contributed by atoms with Crippen molar-refractivity contribution in [2.45, 2.75) is 38.6 Å². The van der Waals surface area contributed by atoms with Crippen LogP contribution in [0.15, 0.2) is 35.7 Å². The third-order valence-electron chi connectivity index (χ3n) is 5.12. The SMILES string of the molecule is CC(C)(CNC(=O)c1ccc(Cl)c(NC(=O)c2cccs2)c1)N1CCCCC1. The highest BCUT2D eigenvalue weighted by molar-refractivity contribution is 7.12. The van der Waals surface area contributed by atoms with Gasteiger partial charge in [-0.1, -0.05) is 24.1 Å². The molecule has 0 radical (unpaired) electrons. The predicted molar refractivity (Wildman–Crippen MR) is 116 cm³/mol. The molecule has 7 heteroatoms. The Balaban J connectivity index is 1.64. The summed E-state index contributed by atoms with van der Waals surface area (Å²) in [5.74, 6) is -0.408. The number of carbonyl (C=O) groups excluding carboxylic acids is 2. The van der Waals surface area contributed by atoms with Crippen LogP contribution in [0.4, 0.5) is 5.69 Å². The number of nitrogens with zero attached hydrogens (tertiary/aromatic N) is 1. The van der Waals surface area contributed by atoms with Crippen molar-refractivity contribution in [2.24, 2.45) is 0 Å². The van der Waals surface area contributed by atoms with Crippen LogP contribution in [0.5, 0.6) is 0 Å². The van der Waals surface area contributed by atoms with Crippen molar-refractivity contribution >= 4 is 40.4 Å². The van der Waals surface area contributed by atoms with Gasteiger partial charge in [0.25, 0.3) is 11.8 Å². The minimum atomic E-state index is -0.235. The Bertz CT molecular complexity index is 830. The normalized spacial score (nSPS) is 15.2. The quantitative estimate of drug-likeness (QED) is 0.716. The van der Waals surface area contributed by atoms with E-state index in [4.69, 9.17) is 11.6 Å². The number of halogens is 1. The molecule has 2 aromatic rings. The van der Waals surface area contributed by atoms with Gasteiger partial charge in [0.1, 0.15) is 0 Å². The molecular formula is C21H26ClN3O2S. The first kappa shape index (κ1) is 20.8. The Labute approximate surface area is 175 Å². The number of amides is 2. The smallest absolute Gasteiger partial charge is 0.265 e. The molecule has 1 aliphatic heterocycles. The number of anilines is 1. The summed E-state index contributed by atoms with van der Waals surface area (Å²) in [7, 11) is 0. The summed E-state index contributed by atoms with van der Waals surface area (Å²) in [4.78, 5) is 28.0. The second kappa shape index (κ2) is 9.07. The monoisotopic (exact) mass is 419 g/mol. The molecule has 1 fully saturated rings. The van der Waals surface area contributed by atoms with Gasteiger partial charge < -0.3 is 10.6 Å². The zero-order valence-electron chi connectivity index (χ0n) is 16.3. The lowest BCUT2D eigenvalue weighted by atomic mass is 9.98. The standard InChI is InChI=1S/C21H26ClN3O2S/c1-21(2,25-10-4-3-5-11-25)14-23-19(26)15-8-9-16(22)17(13-15)24-20(27)18-7-6-12-28-18/h6-9,12-13H,3-5,10-11,14H2,1-2H3,(H,23,26)(H,24,27). The summed E-state index contributed by atoms with van der Waals surface area (Å²) in [6, 6.07) is 8.49. The molecule has 0 unspecified atom stereocenters. The van der Waals surface area contributed by atoms with Crippen molar-refractivity contribution < 1.29 is 9.59 Å². The number of hydrogen-bond donors (Lipinski definition) is 2. The van der Waals surface area contributed by atoms with E-state index in [1.165, 1.54) is 30.6 Å². The molecular weight excluding hydrogens is 394 g/mol. The van der Waals surface area contributed by atoms with Crippen LogP contribution >= 0.6 is 22.9 Å². The lowest BCUT2D eigenvalue weighted by molar-refractivity contribution is 0.0797. The molecule has 1 aliphatic rings. The molecule has 2 heterocycles. The first-order chi connectivity index (χ1) is 13.4. The fourth-order valence-corrected chi connectivity index (χ4v) is 4.15. The van der Waals surface area contributed by atoms with Crippen molar-refractivity contribution in [1.29, 1.82) is 0 Å². The van der Waals surface area contributed by atoms with Crippen LogP contribution in [0.1, 0.15) is 53.1 Å². The van der Waals surface area contributed by atoms with Gasteiger partial charge in [-0.05, 0) is 69.4 Å². The largest absolute Gasteiger partial charge is 0.350 e. The summed E-state index contributed by atoms with van der Waals surface area (Å²) < 4.78 is 0. The van der Waals surface area contributed by atoms with Crippen LogP contribution < -0.4 is 10.6 Å². The zero-order valence-corrected chi connectivity index (χ0v) is 17.8. The zero-order chi connectivity index (χ0) is 20.1. The average Bonchev–Trinajstić information content (AvgIpc) is 3.23. The number of rotatable bonds is 6. The van der Waals surface area contributed by atoms with E-state index in [-0.39, 0.29) is 17.4 Å². The average molecular weight is 420 g/mol. The summed E-state index contributed by atoms with van der Waals surface area (Å²) >= 11 is 7.56.